The van der Waals surface area contributed by atoms with Gasteiger partial charge in [0.05, 0.1) is 6.42 Å². The van der Waals surface area contributed by atoms with Gasteiger partial charge in [-0.25, -0.2) is 4.39 Å². The second kappa shape index (κ2) is 8.97. The van der Waals surface area contributed by atoms with E-state index >= 15 is 0 Å². The lowest BCUT2D eigenvalue weighted by Gasteiger charge is -2.24. The van der Waals surface area contributed by atoms with E-state index in [4.69, 9.17) is 0 Å². The smallest absolute Gasteiger partial charge is 0.224 e. The molecule has 1 N–H and O–H groups in total. The van der Waals surface area contributed by atoms with Gasteiger partial charge in [0, 0.05) is 25.7 Å². The number of aryl methyl sites for hydroxylation is 1. The number of anilines is 1. The van der Waals surface area contributed by atoms with Crippen LogP contribution < -0.4 is 10.2 Å². The van der Waals surface area contributed by atoms with Gasteiger partial charge in [0.1, 0.15) is 5.82 Å². The van der Waals surface area contributed by atoms with Gasteiger partial charge in [0.25, 0.3) is 0 Å². The normalized spacial score (nSPS) is 10.4. The Morgan fingerprint density at radius 1 is 1.08 bits per heavy atom. The van der Waals surface area contributed by atoms with Crippen molar-refractivity contribution < 1.29 is 14.0 Å². The fourth-order valence-electron chi connectivity index (χ4n) is 2.68. The molecule has 2 aromatic carbocycles. The molecular formula is C20H23FN2O2. The van der Waals surface area contributed by atoms with E-state index in [2.05, 4.69) is 5.32 Å². The number of carbonyl (C=O) groups is 2. The Kier molecular flexibility index (Phi) is 6.69. The molecule has 0 aliphatic heterocycles. The monoisotopic (exact) mass is 342 g/mol. The number of hydrogen-bond donors (Lipinski definition) is 1. The maximum Gasteiger partial charge on any atom is 0.224 e. The SMILES string of the molecule is CCc1ccccc1N(CCNC(=O)Cc1ccc(F)cc1)C(C)=O. The molecule has 4 nitrogen and oxygen atoms in total. The van der Waals surface area contributed by atoms with E-state index in [1.807, 2.05) is 31.2 Å². The quantitative estimate of drug-likeness (QED) is 0.840. The maximum atomic E-state index is 12.9. The standard InChI is InChI=1S/C20H23FN2O2/c1-3-17-6-4-5-7-19(17)23(15(2)24)13-12-22-20(25)14-16-8-10-18(21)11-9-16/h4-11H,3,12-14H2,1-2H3,(H,22,25). The van der Waals surface area contributed by atoms with Crippen molar-refractivity contribution in [1.29, 1.82) is 0 Å². The van der Waals surface area contributed by atoms with Crippen LogP contribution in [0.5, 0.6) is 0 Å². The van der Waals surface area contributed by atoms with E-state index in [0.29, 0.717) is 13.1 Å². The lowest BCUT2D eigenvalue weighted by Crippen LogP contribution is -2.38. The lowest BCUT2D eigenvalue weighted by molar-refractivity contribution is -0.121. The number of rotatable bonds is 7. The third-order valence-electron chi connectivity index (χ3n) is 3.98. The van der Waals surface area contributed by atoms with Crippen LogP contribution in [0.1, 0.15) is 25.0 Å². The lowest BCUT2D eigenvalue weighted by atomic mass is 10.1. The molecule has 2 aromatic rings. The molecule has 0 aliphatic carbocycles. The van der Waals surface area contributed by atoms with Gasteiger partial charge in [-0.3, -0.25) is 9.59 Å². The summed E-state index contributed by atoms with van der Waals surface area (Å²) in [5.74, 6) is -0.539. The Labute approximate surface area is 147 Å². The van der Waals surface area contributed by atoms with Gasteiger partial charge in [-0.2, -0.15) is 0 Å². The molecule has 0 radical (unpaired) electrons. The zero-order valence-corrected chi connectivity index (χ0v) is 14.6. The van der Waals surface area contributed by atoms with Gasteiger partial charge in [-0.05, 0) is 35.7 Å². The Hall–Kier alpha value is -2.69. The van der Waals surface area contributed by atoms with E-state index in [1.54, 1.807) is 17.0 Å². The number of nitrogens with zero attached hydrogens (tertiary/aromatic N) is 1. The highest BCUT2D eigenvalue weighted by Gasteiger charge is 2.14. The third kappa shape index (κ3) is 5.41. The largest absolute Gasteiger partial charge is 0.354 e. The van der Waals surface area contributed by atoms with E-state index in [1.165, 1.54) is 19.1 Å². The number of hydrogen-bond acceptors (Lipinski definition) is 2. The van der Waals surface area contributed by atoms with Gasteiger partial charge < -0.3 is 10.2 Å². The number of amides is 2. The van der Waals surface area contributed by atoms with E-state index in [-0.39, 0.29) is 24.1 Å². The van der Waals surface area contributed by atoms with Crippen molar-refractivity contribution in [3.05, 3.63) is 65.5 Å². The molecule has 0 saturated heterocycles. The molecule has 0 bridgehead atoms. The Morgan fingerprint density at radius 2 is 1.76 bits per heavy atom. The Balaban J connectivity index is 1.92. The predicted octanol–water partition coefficient (Wildman–Crippen LogP) is 3.10. The molecule has 2 amide bonds. The molecule has 0 spiro atoms. The molecule has 0 fully saturated rings. The van der Waals surface area contributed by atoms with E-state index < -0.39 is 0 Å². The van der Waals surface area contributed by atoms with Gasteiger partial charge in [-0.1, -0.05) is 37.3 Å². The van der Waals surface area contributed by atoms with Crippen LogP contribution in [-0.4, -0.2) is 24.9 Å². The first-order chi connectivity index (χ1) is 12.0. The van der Waals surface area contributed by atoms with Crippen molar-refractivity contribution in [2.24, 2.45) is 0 Å². The minimum Gasteiger partial charge on any atom is -0.354 e. The zero-order valence-electron chi connectivity index (χ0n) is 14.6. The molecule has 2 rings (SSSR count). The van der Waals surface area contributed by atoms with Gasteiger partial charge in [0.2, 0.25) is 11.8 Å². The second-order valence-corrected chi connectivity index (χ2v) is 5.81. The topological polar surface area (TPSA) is 49.4 Å². The van der Waals surface area contributed by atoms with Gasteiger partial charge in [-0.15, -0.1) is 0 Å². The predicted molar refractivity (Wildman–Crippen MR) is 97.0 cm³/mol. The zero-order chi connectivity index (χ0) is 18.2. The summed E-state index contributed by atoms with van der Waals surface area (Å²) in [7, 11) is 0. The van der Waals surface area contributed by atoms with Crippen LogP contribution in [0.4, 0.5) is 10.1 Å². The summed E-state index contributed by atoms with van der Waals surface area (Å²) < 4.78 is 12.9. The third-order valence-corrected chi connectivity index (χ3v) is 3.98. The van der Waals surface area contributed by atoms with Crippen molar-refractivity contribution in [2.75, 3.05) is 18.0 Å². The summed E-state index contributed by atoms with van der Waals surface area (Å²) in [6.07, 6.45) is 1.02. The molecule has 0 aromatic heterocycles. The molecule has 25 heavy (non-hydrogen) atoms. The van der Waals surface area contributed by atoms with Crippen molar-refractivity contribution >= 4 is 17.5 Å². The second-order valence-electron chi connectivity index (χ2n) is 5.81. The highest BCUT2D eigenvalue weighted by Crippen LogP contribution is 2.20. The highest BCUT2D eigenvalue weighted by atomic mass is 19.1. The molecule has 0 atom stereocenters. The van der Waals surface area contributed by atoms with Crippen LogP contribution in [0, 0.1) is 5.82 Å². The molecule has 0 saturated carbocycles. The average Bonchev–Trinajstić information content (AvgIpc) is 2.60. The van der Waals surface area contributed by atoms with Gasteiger partial charge >= 0.3 is 0 Å². The minimum atomic E-state index is -0.323. The molecule has 0 heterocycles. The molecule has 132 valence electrons. The van der Waals surface area contributed by atoms with E-state index in [0.717, 1.165) is 23.2 Å². The minimum absolute atomic E-state index is 0.0614. The van der Waals surface area contributed by atoms with Crippen LogP contribution in [0.25, 0.3) is 0 Å². The number of benzene rings is 2. The molecular weight excluding hydrogens is 319 g/mol. The summed E-state index contributed by atoms with van der Waals surface area (Å²) in [5.41, 5.74) is 2.72. The number of para-hydroxylation sites is 1. The summed E-state index contributed by atoms with van der Waals surface area (Å²) in [6.45, 7) is 4.33. The summed E-state index contributed by atoms with van der Waals surface area (Å²) in [6, 6.07) is 13.6. The summed E-state index contributed by atoms with van der Waals surface area (Å²) in [4.78, 5) is 25.7. The first-order valence-electron chi connectivity index (χ1n) is 8.38. The van der Waals surface area contributed by atoms with Crippen LogP contribution in [-0.2, 0) is 22.4 Å². The highest BCUT2D eigenvalue weighted by molar-refractivity contribution is 5.92. The van der Waals surface area contributed by atoms with E-state index in [9.17, 15) is 14.0 Å². The van der Waals surface area contributed by atoms with Crippen molar-refractivity contribution in [3.8, 4) is 0 Å². The van der Waals surface area contributed by atoms with Crippen LogP contribution in [0.15, 0.2) is 48.5 Å². The van der Waals surface area contributed by atoms with Crippen molar-refractivity contribution in [2.45, 2.75) is 26.7 Å². The number of halogens is 1. The Bertz CT molecular complexity index is 729. The maximum absolute atomic E-state index is 12.9. The fourth-order valence-corrected chi connectivity index (χ4v) is 2.68. The van der Waals surface area contributed by atoms with Crippen LogP contribution >= 0.6 is 0 Å². The first-order valence-corrected chi connectivity index (χ1v) is 8.38. The van der Waals surface area contributed by atoms with Crippen LogP contribution in [0.3, 0.4) is 0 Å². The molecule has 0 aliphatic rings. The summed E-state index contributed by atoms with van der Waals surface area (Å²) in [5, 5.41) is 2.81. The van der Waals surface area contributed by atoms with Crippen molar-refractivity contribution in [3.63, 3.8) is 0 Å². The fraction of sp³-hybridized carbons (Fsp3) is 0.300. The van der Waals surface area contributed by atoms with Crippen LogP contribution in [0.2, 0.25) is 0 Å². The van der Waals surface area contributed by atoms with Gasteiger partial charge in [0.15, 0.2) is 0 Å². The number of carbonyl (C=O) groups excluding carboxylic acids is 2. The summed E-state index contributed by atoms with van der Waals surface area (Å²) >= 11 is 0. The molecule has 5 heteroatoms. The molecule has 0 unspecified atom stereocenters. The number of nitrogens with one attached hydrogen (secondary N) is 1. The van der Waals surface area contributed by atoms with Crippen molar-refractivity contribution in [1.82, 2.24) is 5.32 Å². The first kappa shape index (κ1) is 18.6. The Morgan fingerprint density at radius 3 is 2.40 bits per heavy atom. The average molecular weight is 342 g/mol.